The zero-order valence-corrected chi connectivity index (χ0v) is 10.9. The van der Waals surface area contributed by atoms with Crippen LogP contribution < -0.4 is 5.32 Å². The van der Waals surface area contributed by atoms with Crippen molar-refractivity contribution in [2.45, 2.75) is 13.5 Å². The molecule has 6 nitrogen and oxygen atoms in total. The summed E-state index contributed by atoms with van der Waals surface area (Å²) in [5.41, 5.74) is 2.94. The molecule has 0 aliphatic heterocycles. The summed E-state index contributed by atoms with van der Waals surface area (Å²) in [6.07, 6.45) is 3.27. The Morgan fingerprint density at radius 1 is 1.50 bits per heavy atom. The Bertz CT molecular complexity index is 504. The van der Waals surface area contributed by atoms with Crippen molar-refractivity contribution in [3.8, 4) is 11.3 Å². The largest absolute Gasteiger partial charge is 0.443 e. The summed E-state index contributed by atoms with van der Waals surface area (Å²) in [7, 11) is 3.59. The van der Waals surface area contributed by atoms with E-state index in [2.05, 4.69) is 15.4 Å². The van der Waals surface area contributed by atoms with E-state index in [4.69, 9.17) is 9.15 Å². The highest BCUT2D eigenvalue weighted by Gasteiger charge is 2.15. The molecule has 0 atom stereocenters. The summed E-state index contributed by atoms with van der Waals surface area (Å²) in [6.45, 7) is 4.13. The lowest BCUT2D eigenvalue weighted by Gasteiger charge is -2.03. The first kappa shape index (κ1) is 12.8. The molecule has 0 spiro atoms. The van der Waals surface area contributed by atoms with Crippen LogP contribution >= 0.6 is 0 Å². The number of nitrogens with zero attached hydrogens (tertiary/aromatic N) is 3. The van der Waals surface area contributed by atoms with E-state index in [1.807, 2.05) is 18.7 Å². The lowest BCUT2D eigenvalue weighted by atomic mass is 10.1. The minimum Gasteiger partial charge on any atom is -0.443 e. The number of ether oxygens (including phenoxy) is 1. The Morgan fingerprint density at radius 2 is 2.33 bits per heavy atom. The normalized spacial score (nSPS) is 11.1. The number of rotatable bonds is 6. The minimum atomic E-state index is 0.656. The molecule has 1 N–H and O–H groups in total. The first-order valence-corrected chi connectivity index (χ1v) is 5.85. The van der Waals surface area contributed by atoms with Crippen molar-refractivity contribution in [1.82, 2.24) is 20.1 Å². The summed E-state index contributed by atoms with van der Waals surface area (Å²) in [5.74, 6) is 0.783. The van der Waals surface area contributed by atoms with Gasteiger partial charge in [0.15, 0.2) is 12.2 Å². The molecular weight excluding hydrogens is 232 g/mol. The highest BCUT2D eigenvalue weighted by atomic mass is 16.5. The first-order valence-electron chi connectivity index (χ1n) is 5.85. The molecule has 0 aliphatic carbocycles. The number of oxazole rings is 1. The molecule has 2 aromatic rings. The molecule has 0 aliphatic rings. The van der Waals surface area contributed by atoms with Crippen LogP contribution in [0.25, 0.3) is 11.3 Å². The van der Waals surface area contributed by atoms with E-state index in [0.29, 0.717) is 13.2 Å². The van der Waals surface area contributed by atoms with E-state index in [1.54, 1.807) is 13.3 Å². The molecule has 0 bridgehead atoms. The average Bonchev–Trinajstić information content (AvgIpc) is 2.94. The Kier molecular flexibility index (Phi) is 4.11. The van der Waals surface area contributed by atoms with Gasteiger partial charge in [-0.25, -0.2) is 4.98 Å². The van der Waals surface area contributed by atoms with Gasteiger partial charge in [0.1, 0.15) is 5.69 Å². The predicted octanol–water partition coefficient (Wildman–Crippen LogP) is 1.12. The molecule has 0 radical (unpaired) electrons. The van der Waals surface area contributed by atoms with Crippen molar-refractivity contribution in [3.05, 3.63) is 24.0 Å². The Morgan fingerprint density at radius 3 is 3.00 bits per heavy atom. The highest BCUT2D eigenvalue weighted by Crippen LogP contribution is 2.25. The SMILES string of the molecule is COCCNCc1ncoc1-c1cnn(C)c1C. The Labute approximate surface area is 106 Å². The van der Waals surface area contributed by atoms with Gasteiger partial charge in [0.2, 0.25) is 0 Å². The van der Waals surface area contributed by atoms with Crippen molar-refractivity contribution in [1.29, 1.82) is 0 Å². The quantitative estimate of drug-likeness (QED) is 0.778. The number of aryl methyl sites for hydroxylation is 1. The van der Waals surface area contributed by atoms with E-state index in [1.165, 1.54) is 6.39 Å². The monoisotopic (exact) mass is 250 g/mol. The van der Waals surface area contributed by atoms with Crippen LogP contribution in [0.5, 0.6) is 0 Å². The third kappa shape index (κ3) is 2.60. The fourth-order valence-corrected chi connectivity index (χ4v) is 1.72. The second kappa shape index (κ2) is 5.79. The molecule has 0 saturated heterocycles. The van der Waals surface area contributed by atoms with E-state index in [9.17, 15) is 0 Å². The molecule has 0 saturated carbocycles. The topological polar surface area (TPSA) is 65.1 Å². The van der Waals surface area contributed by atoms with Gasteiger partial charge in [-0.2, -0.15) is 5.10 Å². The minimum absolute atomic E-state index is 0.656. The van der Waals surface area contributed by atoms with Crippen LogP contribution in [0.1, 0.15) is 11.4 Å². The smallest absolute Gasteiger partial charge is 0.181 e. The Hall–Kier alpha value is -1.66. The van der Waals surface area contributed by atoms with Gasteiger partial charge in [-0.1, -0.05) is 0 Å². The standard InChI is InChI=1S/C12H18N4O2/c1-9-10(6-15-16(9)2)12-11(14-8-18-12)7-13-4-5-17-3/h6,8,13H,4-5,7H2,1-3H3. The van der Waals surface area contributed by atoms with Crippen LogP contribution in [0, 0.1) is 6.92 Å². The zero-order valence-electron chi connectivity index (χ0n) is 10.9. The number of hydrogen-bond acceptors (Lipinski definition) is 5. The summed E-state index contributed by atoms with van der Waals surface area (Å²) < 4.78 is 12.3. The van der Waals surface area contributed by atoms with Crippen LogP contribution in [0.4, 0.5) is 0 Å². The fraction of sp³-hybridized carbons (Fsp3) is 0.500. The van der Waals surface area contributed by atoms with Gasteiger partial charge >= 0.3 is 0 Å². The van der Waals surface area contributed by atoms with Crippen LogP contribution in [0.2, 0.25) is 0 Å². The fourth-order valence-electron chi connectivity index (χ4n) is 1.72. The van der Waals surface area contributed by atoms with Crippen LogP contribution in [0.3, 0.4) is 0 Å². The number of hydrogen-bond donors (Lipinski definition) is 1. The maximum absolute atomic E-state index is 5.47. The molecule has 6 heteroatoms. The number of nitrogens with one attached hydrogen (secondary N) is 1. The van der Waals surface area contributed by atoms with Crippen molar-refractivity contribution in [3.63, 3.8) is 0 Å². The summed E-state index contributed by atoms with van der Waals surface area (Å²) in [4.78, 5) is 4.23. The molecule has 2 heterocycles. The van der Waals surface area contributed by atoms with Gasteiger partial charge in [-0.3, -0.25) is 4.68 Å². The molecule has 0 unspecified atom stereocenters. The Balaban J connectivity index is 2.10. The van der Waals surface area contributed by atoms with Crippen molar-refractivity contribution >= 4 is 0 Å². The van der Waals surface area contributed by atoms with Crippen LogP contribution in [-0.2, 0) is 18.3 Å². The third-order valence-electron chi connectivity index (χ3n) is 2.90. The molecule has 0 amide bonds. The van der Waals surface area contributed by atoms with Crippen LogP contribution in [-0.4, -0.2) is 35.0 Å². The molecule has 2 aromatic heterocycles. The third-order valence-corrected chi connectivity index (χ3v) is 2.90. The second-order valence-corrected chi connectivity index (χ2v) is 4.07. The molecule has 2 rings (SSSR count). The molecular formula is C12H18N4O2. The molecule has 98 valence electrons. The van der Waals surface area contributed by atoms with E-state index < -0.39 is 0 Å². The molecule has 0 fully saturated rings. The average molecular weight is 250 g/mol. The number of aromatic nitrogens is 3. The highest BCUT2D eigenvalue weighted by molar-refractivity contribution is 5.61. The first-order chi connectivity index (χ1) is 8.74. The van der Waals surface area contributed by atoms with Gasteiger partial charge in [0, 0.05) is 32.9 Å². The maximum atomic E-state index is 5.47. The summed E-state index contributed by atoms with van der Waals surface area (Å²) in [6, 6.07) is 0. The summed E-state index contributed by atoms with van der Waals surface area (Å²) in [5, 5.41) is 7.46. The zero-order chi connectivity index (χ0) is 13.0. The van der Waals surface area contributed by atoms with Gasteiger partial charge < -0.3 is 14.5 Å². The molecule has 0 aromatic carbocycles. The van der Waals surface area contributed by atoms with E-state index in [-0.39, 0.29) is 0 Å². The summed E-state index contributed by atoms with van der Waals surface area (Å²) >= 11 is 0. The van der Waals surface area contributed by atoms with Gasteiger partial charge in [-0.05, 0) is 6.92 Å². The van der Waals surface area contributed by atoms with E-state index in [0.717, 1.165) is 29.3 Å². The van der Waals surface area contributed by atoms with Crippen molar-refractivity contribution < 1.29 is 9.15 Å². The van der Waals surface area contributed by atoms with Gasteiger partial charge in [-0.15, -0.1) is 0 Å². The van der Waals surface area contributed by atoms with Gasteiger partial charge in [0.25, 0.3) is 0 Å². The second-order valence-electron chi connectivity index (χ2n) is 4.07. The lowest BCUT2D eigenvalue weighted by molar-refractivity contribution is 0.199. The molecule has 18 heavy (non-hydrogen) atoms. The van der Waals surface area contributed by atoms with Crippen molar-refractivity contribution in [2.75, 3.05) is 20.3 Å². The number of methoxy groups -OCH3 is 1. The predicted molar refractivity (Wildman–Crippen MR) is 67.0 cm³/mol. The van der Waals surface area contributed by atoms with Crippen molar-refractivity contribution in [2.24, 2.45) is 7.05 Å². The van der Waals surface area contributed by atoms with E-state index >= 15 is 0 Å². The lowest BCUT2D eigenvalue weighted by Crippen LogP contribution is -2.19. The maximum Gasteiger partial charge on any atom is 0.181 e. The van der Waals surface area contributed by atoms with Crippen LogP contribution in [0.15, 0.2) is 17.0 Å². The van der Waals surface area contributed by atoms with Gasteiger partial charge in [0.05, 0.1) is 18.4 Å².